The maximum Gasteiger partial charge on any atom is 0.320 e. The first-order chi connectivity index (χ1) is 14.6. The predicted octanol–water partition coefficient (Wildman–Crippen LogP) is 3.37. The third-order valence-corrected chi connectivity index (χ3v) is 6.24. The second kappa shape index (κ2) is 9.22. The number of ether oxygens (including phenoxy) is 3. The van der Waals surface area contributed by atoms with Crippen molar-refractivity contribution in [3.05, 3.63) is 23.6 Å². The van der Waals surface area contributed by atoms with Crippen molar-refractivity contribution >= 4 is 28.5 Å². The van der Waals surface area contributed by atoms with Crippen molar-refractivity contribution in [2.75, 3.05) is 40.5 Å². The molecule has 0 bridgehead atoms. The molecule has 0 N–H and O–H groups in total. The van der Waals surface area contributed by atoms with Gasteiger partial charge in [0.05, 0.1) is 31.9 Å². The Morgan fingerprint density at radius 2 is 1.90 bits per heavy atom. The Morgan fingerprint density at radius 1 is 1.17 bits per heavy atom. The van der Waals surface area contributed by atoms with Crippen molar-refractivity contribution in [1.29, 1.82) is 0 Å². The Bertz CT molecular complexity index is 898. The van der Waals surface area contributed by atoms with Gasteiger partial charge in [-0.25, -0.2) is 14.8 Å². The SMILES string of the molecule is COc1cc2ncnc(Cl)c2cc1O[C@H]1CC[C@@H](N(C)C(=O)N2CCOCC2)CC1. The van der Waals surface area contributed by atoms with Gasteiger partial charge in [-0.1, -0.05) is 11.6 Å². The number of benzene rings is 1. The molecule has 0 atom stereocenters. The van der Waals surface area contributed by atoms with Gasteiger partial charge in [0.2, 0.25) is 0 Å². The fourth-order valence-electron chi connectivity index (χ4n) is 4.15. The molecule has 1 saturated carbocycles. The molecular formula is C21H27ClN4O4. The van der Waals surface area contributed by atoms with Gasteiger partial charge in [0.25, 0.3) is 0 Å². The van der Waals surface area contributed by atoms with Crippen molar-refractivity contribution in [3.8, 4) is 11.5 Å². The summed E-state index contributed by atoms with van der Waals surface area (Å²) in [7, 11) is 3.51. The van der Waals surface area contributed by atoms with E-state index in [1.807, 2.05) is 29.0 Å². The van der Waals surface area contributed by atoms with Gasteiger partial charge in [-0.3, -0.25) is 0 Å². The van der Waals surface area contributed by atoms with E-state index < -0.39 is 0 Å². The number of urea groups is 1. The first-order valence-corrected chi connectivity index (χ1v) is 10.7. The minimum Gasteiger partial charge on any atom is -0.493 e. The highest BCUT2D eigenvalue weighted by Gasteiger charge is 2.30. The van der Waals surface area contributed by atoms with E-state index in [-0.39, 0.29) is 18.2 Å². The van der Waals surface area contributed by atoms with E-state index in [4.69, 9.17) is 25.8 Å². The van der Waals surface area contributed by atoms with E-state index in [0.29, 0.717) is 48.5 Å². The molecule has 162 valence electrons. The van der Waals surface area contributed by atoms with Crippen LogP contribution in [0, 0.1) is 0 Å². The maximum atomic E-state index is 12.7. The Balaban J connectivity index is 1.39. The average Bonchev–Trinajstić information content (AvgIpc) is 2.79. The second-order valence-corrected chi connectivity index (χ2v) is 8.08. The number of morpholine rings is 1. The Labute approximate surface area is 181 Å². The van der Waals surface area contributed by atoms with Gasteiger partial charge in [0, 0.05) is 37.6 Å². The van der Waals surface area contributed by atoms with Crippen LogP contribution in [0.5, 0.6) is 11.5 Å². The van der Waals surface area contributed by atoms with Gasteiger partial charge in [0.1, 0.15) is 11.5 Å². The number of rotatable bonds is 4. The summed E-state index contributed by atoms with van der Waals surface area (Å²) in [4.78, 5) is 24.8. The molecule has 9 heteroatoms. The molecule has 2 amide bonds. The molecule has 2 heterocycles. The molecule has 1 saturated heterocycles. The van der Waals surface area contributed by atoms with Gasteiger partial charge in [-0.2, -0.15) is 0 Å². The molecule has 0 unspecified atom stereocenters. The van der Waals surface area contributed by atoms with Gasteiger partial charge < -0.3 is 24.0 Å². The summed E-state index contributed by atoms with van der Waals surface area (Å²) in [6.07, 6.45) is 5.02. The number of nitrogens with zero attached hydrogens (tertiary/aromatic N) is 4. The highest BCUT2D eigenvalue weighted by molar-refractivity contribution is 6.34. The minimum atomic E-state index is 0.0582. The van der Waals surface area contributed by atoms with Crippen molar-refractivity contribution < 1.29 is 19.0 Å². The van der Waals surface area contributed by atoms with Crippen LogP contribution >= 0.6 is 11.6 Å². The first kappa shape index (κ1) is 20.9. The van der Waals surface area contributed by atoms with E-state index in [9.17, 15) is 4.79 Å². The van der Waals surface area contributed by atoms with E-state index in [2.05, 4.69) is 9.97 Å². The van der Waals surface area contributed by atoms with E-state index in [0.717, 1.165) is 31.1 Å². The van der Waals surface area contributed by atoms with Crippen LogP contribution in [0.2, 0.25) is 5.15 Å². The predicted molar refractivity (Wildman–Crippen MR) is 113 cm³/mol. The third kappa shape index (κ3) is 4.39. The van der Waals surface area contributed by atoms with Crippen LogP contribution in [0.15, 0.2) is 18.5 Å². The minimum absolute atomic E-state index is 0.0582. The molecule has 1 aliphatic heterocycles. The van der Waals surface area contributed by atoms with Crippen molar-refractivity contribution in [2.24, 2.45) is 0 Å². The molecule has 2 aliphatic rings. The molecule has 1 aromatic carbocycles. The molecule has 0 radical (unpaired) electrons. The lowest BCUT2D eigenvalue weighted by Gasteiger charge is -2.38. The molecule has 0 spiro atoms. The largest absolute Gasteiger partial charge is 0.493 e. The lowest BCUT2D eigenvalue weighted by molar-refractivity contribution is 0.0369. The molecule has 30 heavy (non-hydrogen) atoms. The van der Waals surface area contributed by atoms with Crippen molar-refractivity contribution in [2.45, 2.75) is 37.8 Å². The number of halogens is 1. The summed E-state index contributed by atoms with van der Waals surface area (Å²) in [6.45, 7) is 2.55. The molecule has 8 nitrogen and oxygen atoms in total. The molecule has 1 aromatic heterocycles. The molecule has 2 fully saturated rings. The summed E-state index contributed by atoms with van der Waals surface area (Å²) in [5.74, 6) is 1.27. The summed E-state index contributed by atoms with van der Waals surface area (Å²) >= 11 is 6.22. The molecule has 1 aliphatic carbocycles. The van der Waals surface area contributed by atoms with Crippen LogP contribution in [0.4, 0.5) is 4.79 Å². The van der Waals surface area contributed by atoms with Crippen molar-refractivity contribution in [1.82, 2.24) is 19.8 Å². The lowest BCUT2D eigenvalue weighted by Crippen LogP contribution is -2.51. The zero-order valence-electron chi connectivity index (χ0n) is 17.3. The van der Waals surface area contributed by atoms with Gasteiger partial charge in [-0.15, -0.1) is 0 Å². The van der Waals surface area contributed by atoms with Gasteiger partial charge in [0.15, 0.2) is 11.5 Å². The summed E-state index contributed by atoms with van der Waals surface area (Å²) in [6, 6.07) is 3.98. The van der Waals surface area contributed by atoms with Crippen LogP contribution in [-0.4, -0.2) is 78.4 Å². The normalized spacial score (nSPS) is 22.0. The number of hydrogen-bond donors (Lipinski definition) is 0. The fourth-order valence-corrected chi connectivity index (χ4v) is 4.34. The van der Waals surface area contributed by atoms with Gasteiger partial charge >= 0.3 is 6.03 Å². The van der Waals surface area contributed by atoms with Gasteiger partial charge in [-0.05, 0) is 31.7 Å². The van der Waals surface area contributed by atoms with Crippen LogP contribution in [0.1, 0.15) is 25.7 Å². The van der Waals surface area contributed by atoms with Crippen LogP contribution in [0.3, 0.4) is 0 Å². The monoisotopic (exact) mass is 434 g/mol. The van der Waals surface area contributed by atoms with E-state index in [1.54, 1.807) is 7.11 Å². The quantitative estimate of drug-likeness (QED) is 0.686. The smallest absolute Gasteiger partial charge is 0.320 e. The number of amides is 2. The Kier molecular flexibility index (Phi) is 6.43. The van der Waals surface area contributed by atoms with E-state index in [1.165, 1.54) is 6.33 Å². The van der Waals surface area contributed by atoms with E-state index >= 15 is 0 Å². The number of aromatic nitrogens is 2. The number of methoxy groups -OCH3 is 1. The van der Waals surface area contributed by atoms with Crippen LogP contribution < -0.4 is 9.47 Å². The van der Waals surface area contributed by atoms with Crippen molar-refractivity contribution in [3.63, 3.8) is 0 Å². The topological polar surface area (TPSA) is 77.0 Å². The summed E-state index contributed by atoms with van der Waals surface area (Å²) in [5.41, 5.74) is 0.714. The molecular weight excluding hydrogens is 408 g/mol. The lowest BCUT2D eigenvalue weighted by atomic mass is 9.92. The maximum absolute atomic E-state index is 12.7. The van der Waals surface area contributed by atoms with Crippen LogP contribution in [-0.2, 0) is 4.74 Å². The highest BCUT2D eigenvalue weighted by atomic mass is 35.5. The number of carbonyl (C=O) groups excluding carboxylic acids is 1. The second-order valence-electron chi connectivity index (χ2n) is 7.73. The zero-order valence-corrected chi connectivity index (χ0v) is 18.1. The third-order valence-electron chi connectivity index (χ3n) is 5.94. The highest BCUT2D eigenvalue weighted by Crippen LogP contribution is 2.36. The fraction of sp³-hybridized carbons (Fsp3) is 0.571. The standard InChI is InChI=1S/C21H27ClN4O4/c1-25(21(27)26-7-9-29-10-8-26)14-3-5-15(6-4-14)30-19-11-16-17(12-18(19)28-2)23-13-24-20(16)22/h11-15H,3-10H2,1-2H3/t14-,15+. The Hall–Kier alpha value is -2.32. The van der Waals surface area contributed by atoms with Crippen LogP contribution in [0.25, 0.3) is 10.9 Å². The number of fused-ring (bicyclic) bond motifs is 1. The molecule has 2 aromatic rings. The average molecular weight is 435 g/mol. The first-order valence-electron chi connectivity index (χ1n) is 10.3. The summed E-state index contributed by atoms with van der Waals surface area (Å²) in [5, 5.41) is 1.12. The Morgan fingerprint density at radius 3 is 2.60 bits per heavy atom. The molecule has 4 rings (SSSR count). The summed E-state index contributed by atoms with van der Waals surface area (Å²) < 4.78 is 17.1. The number of carbonyl (C=O) groups is 1. The zero-order chi connectivity index (χ0) is 21.1. The number of hydrogen-bond acceptors (Lipinski definition) is 6.